The van der Waals surface area contributed by atoms with Gasteiger partial charge >= 0.3 is 0 Å². The average molecular weight is 371 g/mol. The van der Waals surface area contributed by atoms with Gasteiger partial charge in [0.15, 0.2) is 11.7 Å². The van der Waals surface area contributed by atoms with Crippen LogP contribution in [0.3, 0.4) is 0 Å². The molecule has 0 aliphatic carbocycles. The molecule has 0 fully saturated rings. The average Bonchev–Trinajstić information content (AvgIpc) is 2.74. The molecule has 5 heteroatoms. The Balaban J connectivity index is 1.93. The molecule has 0 unspecified atom stereocenters. The summed E-state index contributed by atoms with van der Waals surface area (Å²) in [6.07, 6.45) is 0. The molecule has 3 aromatic rings. The number of aliphatic imine (C=N–C) groups is 2. The third-order valence-corrected chi connectivity index (χ3v) is 4.00. The molecule has 0 saturated carbocycles. The van der Waals surface area contributed by atoms with E-state index in [1.54, 1.807) is 12.1 Å². The van der Waals surface area contributed by atoms with Crippen molar-refractivity contribution in [1.82, 2.24) is 0 Å². The van der Waals surface area contributed by atoms with E-state index in [0.29, 0.717) is 17.0 Å². The number of nitrogens with zero attached hydrogens (tertiary/aromatic N) is 3. The van der Waals surface area contributed by atoms with Crippen LogP contribution in [0.15, 0.2) is 88.8 Å². The van der Waals surface area contributed by atoms with Crippen LogP contribution in [0, 0.1) is 16.7 Å². The Morgan fingerprint density at radius 3 is 2.26 bits per heavy atom. The first-order valence-electron chi connectivity index (χ1n) is 8.17. The highest BCUT2D eigenvalue weighted by Crippen LogP contribution is 2.21. The molecule has 0 spiro atoms. The van der Waals surface area contributed by atoms with Crippen molar-refractivity contribution in [2.75, 3.05) is 0 Å². The second-order valence-electron chi connectivity index (χ2n) is 5.65. The molecule has 0 atom stereocenters. The van der Waals surface area contributed by atoms with Crippen LogP contribution < -0.4 is 0 Å². The minimum absolute atomic E-state index is 0.0895. The fraction of sp³-hybridized carbons (Fsp3) is 0. The van der Waals surface area contributed by atoms with Crippen molar-refractivity contribution < 1.29 is 0 Å². The van der Waals surface area contributed by atoms with Crippen molar-refractivity contribution in [3.05, 3.63) is 95.6 Å². The second kappa shape index (κ2) is 8.70. The summed E-state index contributed by atoms with van der Waals surface area (Å²) >= 11 is 5.64. The van der Waals surface area contributed by atoms with Gasteiger partial charge < -0.3 is 0 Å². The van der Waals surface area contributed by atoms with Crippen molar-refractivity contribution >= 4 is 28.9 Å². The van der Waals surface area contributed by atoms with Gasteiger partial charge in [-0.1, -0.05) is 72.3 Å². The maximum atomic E-state index is 8.92. The van der Waals surface area contributed by atoms with Crippen molar-refractivity contribution in [3.63, 3.8) is 0 Å². The molecule has 0 aliphatic heterocycles. The van der Waals surface area contributed by atoms with Crippen LogP contribution in [0.1, 0.15) is 16.7 Å². The van der Waals surface area contributed by atoms with Crippen LogP contribution in [0.5, 0.6) is 0 Å². The Bertz CT molecular complexity index is 1050. The molecule has 0 amide bonds. The Labute approximate surface area is 162 Å². The summed E-state index contributed by atoms with van der Waals surface area (Å²) in [6.45, 7) is 0. The molecular formula is C22H15ClN4. The number of hydrogen-bond donors (Lipinski definition) is 1. The minimum Gasteiger partial charge on any atom is -0.282 e. The standard InChI is InChI=1S/C22H15ClN4/c23-15-26-22(18-5-2-1-3-6-18)27-21(25)20-8-4-7-19(13-20)17-11-9-16(14-24)10-12-17/h1-13,15,25H. The molecule has 130 valence electrons. The zero-order chi connectivity index (χ0) is 19.1. The minimum atomic E-state index is 0.0895. The zero-order valence-corrected chi connectivity index (χ0v) is 15.1. The maximum absolute atomic E-state index is 8.92. The lowest BCUT2D eigenvalue weighted by Gasteiger charge is -2.06. The lowest BCUT2D eigenvalue weighted by Crippen LogP contribution is -2.04. The van der Waals surface area contributed by atoms with Gasteiger partial charge in [-0.2, -0.15) is 5.26 Å². The first-order chi connectivity index (χ1) is 13.2. The van der Waals surface area contributed by atoms with Gasteiger partial charge in [0.2, 0.25) is 0 Å². The summed E-state index contributed by atoms with van der Waals surface area (Å²) < 4.78 is 0. The van der Waals surface area contributed by atoms with Crippen molar-refractivity contribution in [2.24, 2.45) is 9.98 Å². The van der Waals surface area contributed by atoms with Crippen LogP contribution in [0.4, 0.5) is 0 Å². The highest BCUT2D eigenvalue weighted by atomic mass is 35.5. The summed E-state index contributed by atoms with van der Waals surface area (Å²) in [5.41, 5.74) is 5.11. The molecule has 3 rings (SSSR count). The second-order valence-corrected chi connectivity index (χ2v) is 5.84. The van der Waals surface area contributed by atoms with Gasteiger partial charge in [0.25, 0.3) is 0 Å². The third-order valence-electron chi connectivity index (χ3n) is 3.90. The van der Waals surface area contributed by atoms with Gasteiger partial charge in [0, 0.05) is 11.1 Å². The Morgan fingerprint density at radius 2 is 1.59 bits per heavy atom. The van der Waals surface area contributed by atoms with Crippen LogP contribution in [-0.2, 0) is 0 Å². The molecule has 1 N–H and O–H groups in total. The van der Waals surface area contributed by atoms with E-state index in [1.807, 2.05) is 66.7 Å². The van der Waals surface area contributed by atoms with E-state index in [0.717, 1.165) is 22.4 Å². The summed E-state index contributed by atoms with van der Waals surface area (Å²) in [5, 5.41) is 17.3. The van der Waals surface area contributed by atoms with Crippen LogP contribution >= 0.6 is 11.6 Å². The number of benzene rings is 3. The summed E-state index contributed by atoms with van der Waals surface area (Å²) in [7, 11) is 0. The number of amidine groups is 2. The Kier molecular flexibility index (Phi) is 5.88. The van der Waals surface area contributed by atoms with Crippen LogP contribution in [-0.4, -0.2) is 17.3 Å². The molecule has 0 aliphatic rings. The van der Waals surface area contributed by atoms with E-state index in [-0.39, 0.29) is 5.84 Å². The van der Waals surface area contributed by atoms with Gasteiger partial charge in [-0.3, -0.25) is 5.41 Å². The highest BCUT2D eigenvalue weighted by Gasteiger charge is 2.07. The molecule has 0 bridgehead atoms. The van der Waals surface area contributed by atoms with E-state index in [9.17, 15) is 0 Å². The lowest BCUT2D eigenvalue weighted by atomic mass is 10.0. The van der Waals surface area contributed by atoms with Crippen molar-refractivity contribution in [2.45, 2.75) is 0 Å². The number of halogens is 1. The molecule has 0 saturated heterocycles. The van der Waals surface area contributed by atoms with E-state index < -0.39 is 0 Å². The Morgan fingerprint density at radius 1 is 0.889 bits per heavy atom. The molecule has 0 heterocycles. The predicted octanol–water partition coefficient (Wildman–Crippen LogP) is 5.26. The van der Waals surface area contributed by atoms with E-state index >= 15 is 0 Å². The van der Waals surface area contributed by atoms with E-state index in [1.165, 1.54) is 0 Å². The lowest BCUT2D eigenvalue weighted by molar-refractivity contribution is 1.40. The number of nitriles is 1. The fourth-order valence-corrected chi connectivity index (χ4v) is 2.65. The Hall–Kier alpha value is -3.55. The molecular weight excluding hydrogens is 356 g/mol. The molecule has 27 heavy (non-hydrogen) atoms. The first kappa shape index (κ1) is 18.2. The fourth-order valence-electron chi connectivity index (χ4n) is 2.56. The normalized spacial score (nSPS) is 11.3. The number of nitrogens with one attached hydrogen (secondary N) is 1. The molecule has 0 aromatic heterocycles. The SMILES string of the molecule is N#Cc1ccc(-c2cccc(C(=N)N=C(N=CCl)c3ccccc3)c2)cc1. The maximum Gasteiger partial charge on any atom is 0.162 e. The molecule has 0 radical (unpaired) electrons. The van der Waals surface area contributed by atoms with Crippen molar-refractivity contribution in [3.8, 4) is 17.2 Å². The summed E-state index contributed by atoms with van der Waals surface area (Å²) in [6, 6.07) is 26.4. The van der Waals surface area contributed by atoms with E-state index in [4.69, 9.17) is 22.3 Å². The summed E-state index contributed by atoms with van der Waals surface area (Å²) in [4.78, 5) is 8.42. The van der Waals surface area contributed by atoms with Crippen LogP contribution in [0.2, 0.25) is 0 Å². The van der Waals surface area contributed by atoms with Gasteiger partial charge in [-0.15, -0.1) is 0 Å². The van der Waals surface area contributed by atoms with Crippen LogP contribution in [0.25, 0.3) is 11.1 Å². The quantitative estimate of drug-likeness (QED) is 0.495. The monoisotopic (exact) mass is 370 g/mol. The van der Waals surface area contributed by atoms with Gasteiger partial charge in [-0.05, 0) is 29.3 Å². The van der Waals surface area contributed by atoms with E-state index in [2.05, 4.69) is 16.1 Å². The molecule has 4 nitrogen and oxygen atoms in total. The van der Waals surface area contributed by atoms with Crippen molar-refractivity contribution in [1.29, 1.82) is 10.7 Å². The number of rotatable bonds is 3. The summed E-state index contributed by atoms with van der Waals surface area (Å²) in [5.74, 6) is 0.464. The molecule has 3 aromatic carbocycles. The van der Waals surface area contributed by atoms with Gasteiger partial charge in [-0.25, -0.2) is 9.98 Å². The third kappa shape index (κ3) is 4.55. The number of hydrogen-bond acceptors (Lipinski definition) is 2. The highest BCUT2D eigenvalue weighted by molar-refractivity contribution is 6.57. The van der Waals surface area contributed by atoms with Gasteiger partial charge in [0.05, 0.1) is 17.3 Å². The first-order valence-corrected chi connectivity index (χ1v) is 8.61. The zero-order valence-electron chi connectivity index (χ0n) is 14.3. The smallest absolute Gasteiger partial charge is 0.162 e. The van der Waals surface area contributed by atoms with Gasteiger partial charge in [0.1, 0.15) is 0 Å². The largest absolute Gasteiger partial charge is 0.282 e. The predicted molar refractivity (Wildman–Crippen MR) is 111 cm³/mol. The topological polar surface area (TPSA) is 72.4 Å².